The number of aliphatic carboxylic acids is 1. The number of fused-ring (bicyclic) bond motifs is 2. The number of nitrogens with two attached hydrogens (primary N) is 1. The number of hydrogen-bond acceptors (Lipinski definition) is 6. The molecule has 5 aromatic rings. The van der Waals surface area contributed by atoms with E-state index in [2.05, 4.69) is 4.98 Å². The molecule has 2 heterocycles. The van der Waals surface area contributed by atoms with Crippen LogP contribution in [0.3, 0.4) is 0 Å². The van der Waals surface area contributed by atoms with E-state index in [0.29, 0.717) is 10.1 Å². The lowest BCUT2D eigenvalue weighted by atomic mass is 10.1. The van der Waals surface area contributed by atoms with E-state index >= 15 is 0 Å². The maximum absolute atomic E-state index is 12.9. The number of carboxylic acids is 1. The lowest BCUT2D eigenvalue weighted by molar-refractivity contribution is -0.137. The Labute approximate surface area is 229 Å². The van der Waals surface area contributed by atoms with Crippen LogP contribution in [0.2, 0.25) is 10.0 Å². The number of aromatic amines is 1. The molecule has 0 fully saturated rings. The number of nitrogens with zero attached hydrogens (tertiary/aromatic N) is 2. The molecule has 11 nitrogen and oxygen atoms in total. The van der Waals surface area contributed by atoms with Crippen molar-refractivity contribution in [2.24, 2.45) is 5.73 Å². The van der Waals surface area contributed by atoms with Crippen LogP contribution < -0.4 is 17.0 Å². The fraction of sp³-hybridized carbons (Fsp3) is 0.0400. The highest BCUT2D eigenvalue weighted by atomic mass is 35.5. The third-order valence-corrected chi connectivity index (χ3v) is 7.71. The Bertz CT molecular complexity index is 1980. The summed E-state index contributed by atoms with van der Waals surface area (Å²) in [5, 5.41) is 10.3. The largest absolute Gasteiger partial charge is 0.480 e. The van der Waals surface area contributed by atoms with Gasteiger partial charge in [0.2, 0.25) is 5.91 Å². The Morgan fingerprint density at radius 1 is 0.923 bits per heavy atom. The van der Waals surface area contributed by atoms with Crippen molar-refractivity contribution < 1.29 is 23.1 Å². The number of H-pyrrole nitrogens is 1. The quantitative estimate of drug-likeness (QED) is 0.282. The van der Waals surface area contributed by atoms with Crippen LogP contribution in [0, 0.1) is 0 Å². The summed E-state index contributed by atoms with van der Waals surface area (Å²) in [6.07, 6.45) is 1.83. The second-order valence-corrected chi connectivity index (χ2v) is 10.8. The maximum Gasteiger partial charge on any atom is 0.346 e. The van der Waals surface area contributed by atoms with Gasteiger partial charge in [0.25, 0.3) is 15.6 Å². The lowest BCUT2D eigenvalue weighted by Gasteiger charge is -2.13. The third kappa shape index (κ3) is 5.58. The monoisotopic (exact) mass is 588 g/mol. The van der Waals surface area contributed by atoms with E-state index in [-0.39, 0.29) is 29.8 Å². The van der Waals surface area contributed by atoms with E-state index < -0.39 is 39.7 Å². The molecule has 3 aromatic carbocycles. The average Bonchev–Trinajstić information content (AvgIpc) is 3.35. The predicted octanol–water partition coefficient (Wildman–Crippen LogP) is 3.06. The number of primary amides is 1. The van der Waals surface area contributed by atoms with E-state index in [4.69, 9.17) is 34.0 Å². The van der Waals surface area contributed by atoms with Gasteiger partial charge in [-0.05, 0) is 66.7 Å². The first kappa shape index (κ1) is 27.6. The molecule has 5 rings (SSSR count). The molecule has 39 heavy (non-hydrogen) atoms. The summed E-state index contributed by atoms with van der Waals surface area (Å²) < 4.78 is 26.4. The Kier molecular flexibility index (Phi) is 7.63. The lowest BCUT2D eigenvalue weighted by Crippen LogP contribution is -2.44. The van der Waals surface area contributed by atoms with Crippen molar-refractivity contribution in [3.05, 3.63) is 109 Å². The summed E-state index contributed by atoms with van der Waals surface area (Å²) >= 11 is 11.6. The highest BCUT2D eigenvalue weighted by Crippen LogP contribution is 2.19. The molecular weight excluding hydrogens is 571 g/mol. The van der Waals surface area contributed by atoms with Gasteiger partial charge >= 0.3 is 11.7 Å². The van der Waals surface area contributed by atoms with Gasteiger partial charge in [-0.25, -0.2) is 13.2 Å². The summed E-state index contributed by atoms with van der Waals surface area (Å²) in [5.41, 5.74) is 4.18. The first-order valence-corrected chi connectivity index (χ1v) is 13.1. The minimum absolute atomic E-state index is 0.0371. The van der Waals surface area contributed by atoms with Gasteiger partial charge in [-0.1, -0.05) is 23.2 Å². The molecule has 0 aliphatic heterocycles. The second kappa shape index (κ2) is 10.8. The summed E-state index contributed by atoms with van der Waals surface area (Å²) in [4.78, 5) is 50.1. The fourth-order valence-electron chi connectivity index (χ4n) is 3.74. The van der Waals surface area contributed by atoms with Crippen molar-refractivity contribution >= 4 is 66.9 Å². The molecule has 0 saturated carbocycles. The zero-order valence-corrected chi connectivity index (χ0v) is 22.0. The Morgan fingerprint density at radius 2 is 1.59 bits per heavy atom. The Balaban J connectivity index is 0.000000243. The molecule has 14 heteroatoms. The molecule has 4 N–H and O–H groups in total. The first-order valence-electron chi connectivity index (χ1n) is 10.9. The average molecular weight is 589 g/mol. The summed E-state index contributed by atoms with van der Waals surface area (Å²) in [6.45, 7) is -0.855. The van der Waals surface area contributed by atoms with E-state index in [9.17, 15) is 27.6 Å². The molecule has 1 amide bonds. The molecular formula is C25H18Cl2N4O7S. The molecule has 0 spiro atoms. The number of rotatable bonds is 5. The molecule has 0 saturated heterocycles. The number of aromatic nitrogens is 3. The number of carbonyl (C=O) groups is 2. The zero-order valence-electron chi connectivity index (χ0n) is 19.7. The van der Waals surface area contributed by atoms with E-state index in [1.54, 1.807) is 12.1 Å². The van der Waals surface area contributed by atoms with Gasteiger partial charge in [0.1, 0.15) is 6.54 Å². The highest BCUT2D eigenvalue weighted by molar-refractivity contribution is 7.90. The normalized spacial score (nSPS) is 11.2. The van der Waals surface area contributed by atoms with E-state index in [1.807, 2.05) is 18.3 Å². The van der Waals surface area contributed by atoms with Crippen molar-refractivity contribution in [2.75, 3.05) is 0 Å². The minimum atomic E-state index is -4.59. The van der Waals surface area contributed by atoms with Crippen LogP contribution in [0.4, 0.5) is 0 Å². The van der Waals surface area contributed by atoms with Crippen LogP contribution in [0.5, 0.6) is 0 Å². The van der Waals surface area contributed by atoms with Gasteiger partial charge in [0.05, 0.1) is 15.8 Å². The second-order valence-electron chi connectivity index (χ2n) is 8.10. The first-order chi connectivity index (χ1) is 18.4. The molecule has 0 bridgehead atoms. The van der Waals surface area contributed by atoms with E-state index in [0.717, 1.165) is 23.0 Å². The smallest absolute Gasteiger partial charge is 0.346 e. The molecule has 0 atom stereocenters. The number of nitrogens with one attached hydrogen (secondary N) is 1. The number of carboxylic acid groups (broad SMARTS) is 1. The van der Waals surface area contributed by atoms with Crippen LogP contribution in [0.25, 0.3) is 21.8 Å². The molecule has 0 aliphatic rings. The number of benzene rings is 3. The molecule has 0 unspecified atom stereocenters. The molecule has 0 aliphatic carbocycles. The summed E-state index contributed by atoms with van der Waals surface area (Å²) in [5.74, 6) is -1.79. The Morgan fingerprint density at radius 3 is 2.23 bits per heavy atom. The number of amides is 1. The van der Waals surface area contributed by atoms with Crippen LogP contribution in [0.15, 0.2) is 87.4 Å². The summed E-state index contributed by atoms with van der Waals surface area (Å²) in [7, 11) is -4.59. The van der Waals surface area contributed by atoms with E-state index in [1.165, 1.54) is 30.3 Å². The number of carbonyl (C=O) groups excluding carboxylic acids is 1. The minimum Gasteiger partial charge on any atom is -0.480 e. The summed E-state index contributed by atoms with van der Waals surface area (Å²) in [6, 6.07) is 15.9. The van der Waals surface area contributed by atoms with Gasteiger partial charge in [-0.2, -0.15) is 0 Å². The van der Waals surface area contributed by atoms with Gasteiger partial charge in [0.15, 0.2) is 0 Å². The fourth-order valence-corrected chi connectivity index (χ4v) is 5.34. The van der Waals surface area contributed by atoms with Gasteiger partial charge in [-0.15, -0.1) is 3.97 Å². The highest BCUT2D eigenvalue weighted by Gasteiger charge is 2.26. The topological polar surface area (TPSA) is 174 Å². The molecule has 200 valence electrons. The van der Waals surface area contributed by atoms with Crippen molar-refractivity contribution in [3.63, 3.8) is 0 Å². The Hall–Kier alpha value is -4.39. The van der Waals surface area contributed by atoms with Crippen molar-refractivity contribution in [2.45, 2.75) is 11.4 Å². The van der Waals surface area contributed by atoms with Crippen LogP contribution in [0.1, 0.15) is 10.4 Å². The number of halogens is 2. The van der Waals surface area contributed by atoms with Crippen LogP contribution in [-0.2, 0) is 21.4 Å². The zero-order chi connectivity index (χ0) is 28.5. The van der Waals surface area contributed by atoms with Crippen LogP contribution >= 0.6 is 23.2 Å². The van der Waals surface area contributed by atoms with Gasteiger partial charge < -0.3 is 15.8 Å². The predicted molar refractivity (Wildman–Crippen MR) is 146 cm³/mol. The van der Waals surface area contributed by atoms with Crippen LogP contribution in [-0.4, -0.2) is 38.9 Å². The van der Waals surface area contributed by atoms with Gasteiger partial charge in [-0.3, -0.25) is 19.0 Å². The maximum atomic E-state index is 12.9. The van der Waals surface area contributed by atoms with Gasteiger partial charge in [0, 0.05) is 32.7 Å². The van der Waals surface area contributed by atoms with Crippen molar-refractivity contribution in [1.82, 2.24) is 13.5 Å². The van der Waals surface area contributed by atoms with Crippen molar-refractivity contribution in [1.29, 1.82) is 0 Å². The standard InChI is InChI=1S/C16H10Cl2N2O6S.C9H8N2O/c17-9-1-4-11(5-2-9)27(25,26)20-15(23)12-6-3-10(18)7-13(12)19(16(20)24)8-14(21)22;10-9(12)7-1-2-8-6(5-7)3-4-11-8/h1-7H,8H2,(H,21,22);1-5,11H,(H2,10,12). The SMILES string of the molecule is NC(=O)c1ccc2[nH]ccc2c1.O=C(O)Cn1c(=O)n(S(=O)(=O)c2ccc(Cl)cc2)c(=O)c2ccc(Cl)cc21. The molecule has 2 aromatic heterocycles. The third-order valence-electron chi connectivity index (χ3n) is 5.55. The molecule has 0 radical (unpaired) electrons. The number of hydrogen-bond donors (Lipinski definition) is 3. The van der Waals surface area contributed by atoms with Crippen molar-refractivity contribution in [3.8, 4) is 0 Å².